The molecule has 2 aromatic heterocycles. The number of nitrogens with zero attached hydrogens (tertiary/aromatic N) is 2. The Kier molecular flexibility index (Phi) is 7.02. The number of esters is 1. The van der Waals surface area contributed by atoms with Gasteiger partial charge in [-0.1, -0.05) is 6.07 Å². The lowest BCUT2D eigenvalue weighted by Crippen LogP contribution is -2.40. The van der Waals surface area contributed by atoms with E-state index in [0.29, 0.717) is 6.61 Å². The van der Waals surface area contributed by atoms with Crippen LogP contribution in [-0.2, 0) is 27.2 Å². The first-order chi connectivity index (χ1) is 15.1. The lowest BCUT2D eigenvalue weighted by molar-refractivity contribution is -0.149. The van der Waals surface area contributed by atoms with Gasteiger partial charge in [-0.3, -0.25) is 19.5 Å². The van der Waals surface area contributed by atoms with Crippen LogP contribution in [0.3, 0.4) is 0 Å². The molecule has 1 fully saturated rings. The highest BCUT2D eigenvalue weighted by molar-refractivity contribution is 7.16. The summed E-state index contributed by atoms with van der Waals surface area (Å²) in [6, 6.07) is 4.13. The summed E-state index contributed by atoms with van der Waals surface area (Å²) in [4.78, 5) is 32.5. The molecule has 1 N–H and O–H groups in total. The van der Waals surface area contributed by atoms with E-state index in [9.17, 15) is 9.59 Å². The molecule has 2 aromatic rings. The smallest absolute Gasteiger partial charge is 0.309 e. The van der Waals surface area contributed by atoms with Crippen molar-refractivity contribution in [3.05, 3.63) is 46.1 Å². The highest BCUT2D eigenvalue weighted by Gasteiger charge is 2.35. The predicted molar refractivity (Wildman–Crippen MR) is 122 cm³/mol. The van der Waals surface area contributed by atoms with Gasteiger partial charge in [0.05, 0.1) is 18.6 Å². The van der Waals surface area contributed by atoms with E-state index in [-0.39, 0.29) is 23.8 Å². The Morgan fingerprint density at radius 3 is 2.74 bits per heavy atom. The Balaban J connectivity index is 1.70. The number of thiophene rings is 1. The summed E-state index contributed by atoms with van der Waals surface area (Å²) < 4.78 is 5.26. The summed E-state index contributed by atoms with van der Waals surface area (Å²) >= 11 is 1.74. The van der Waals surface area contributed by atoms with E-state index in [0.717, 1.165) is 49.3 Å². The Hall–Kier alpha value is -2.25. The minimum atomic E-state index is -0.0769. The van der Waals surface area contributed by atoms with E-state index in [1.807, 2.05) is 19.2 Å². The average molecular weight is 442 g/mol. The van der Waals surface area contributed by atoms with Crippen LogP contribution in [0.1, 0.15) is 67.1 Å². The van der Waals surface area contributed by atoms with Gasteiger partial charge in [-0.25, -0.2) is 0 Å². The lowest BCUT2D eigenvalue weighted by Gasteiger charge is -2.38. The highest BCUT2D eigenvalue weighted by Crippen LogP contribution is 2.46. The molecule has 3 heterocycles. The molecule has 31 heavy (non-hydrogen) atoms. The first-order valence-corrected chi connectivity index (χ1v) is 12.1. The minimum Gasteiger partial charge on any atom is -0.466 e. The summed E-state index contributed by atoms with van der Waals surface area (Å²) in [5.74, 6) is -0.144. The molecule has 6 nitrogen and oxygen atoms in total. The quantitative estimate of drug-likeness (QED) is 0.675. The highest BCUT2D eigenvalue weighted by atomic mass is 32.1. The number of hydrogen-bond acceptors (Lipinski definition) is 6. The summed E-state index contributed by atoms with van der Waals surface area (Å²) in [6.45, 7) is 5.49. The van der Waals surface area contributed by atoms with E-state index in [1.165, 1.54) is 28.8 Å². The molecule has 4 rings (SSSR count). The van der Waals surface area contributed by atoms with Gasteiger partial charge in [0.1, 0.15) is 5.00 Å². The van der Waals surface area contributed by atoms with Crippen LogP contribution < -0.4 is 5.32 Å². The molecule has 0 radical (unpaired) electrons. The van der Waals surface area contributed by atoms with Crippen LogP contribution in [0.4, 0.5) is 5.00 Å². The molecule has 1 unspecified atom stereocenters. The van der Waals surface area contributed by atoms with Crippen molar-refractivity contribution in [1.29, 1.82) is 0 Å². The molecule has 0 bridgehead atoms. The molecule has 0 spiro atoms. The van der Waals surface area contributed by atoms with Gasteiger partial charge in [-0.2, -0.15) is 0 Å². The van der Waals surface area contributed by atoms with E-state index >= 15 is 0 Å². The van der Waals surface area contributed by atoms with E-state index in [2.05, 4.69) is 21.3 Å². The fourth-order valence-electron chi connectivity index (χ4n) is 4.88. The second-order valence-electron chi connectivity index (χ2n) is 8.39. The van der Waals surface area contributed by atoms with Crippen molar-refractivity contribution < 1.29 is 14.3 Å². The normalized spacial score (nSPS) is 18.3. The Morgan fingerprint density at radius 1 is 1.29 bits per heavy atom. The first-order valence-electron chi connectivity index (χ1n) is 11.3. The maximum absolute atomic E-state index is 12.2. The molecular weight excluding hydrogens is 410 g/mol. The third kappa shape index (κ3) is 4.83. The van der Waals surface area contributed by atoms with Gasteiger partial charge < -0.3 is 10.1 Å². The molecule has 166 valence electrons. The van der Waals surface area contributed by atoms with Crippen molar-refractivity contribution in [3.8, 4) is 0 Å². The number of rotatable bonds is 6. The van der Waals surface area contributed by atoms with Gasteiger partial charge in [-0.15, -0.1) is 11.3 Å². The second-order valence-corrected chi connectivity index (χ2v) is 9.49. The van der Waals surface area contributed by atoms with Crippen LogP contribution in [0, 0.1) is 5.92 Å². The van der Waals surface area contributed by atoms with Crippen molar-refractivity contribution >= 4 is 28.2 Å². The monoisotopic (exact) mass is 441 g/mol. The standard InChI is InChI=1S/C24H31N3O3S/c1-3-30-24(29)17-10-13-27(14-11-17)22(18-7-6-12-25-15-18)21-19-8-4-5-9-20(19)31-23(21)26-16(2)28/h6-7,12,15,17,22H,3-5,8-11,13-14H2,1-2H3,(H,26,28). The van der Waals surface area contributed by atoms with E-state index in [4.69, 9.17) is 4.74 Å². The van der Waals surface area contributed by atoms with Crippen molar-refractivity contribution in [1.82, 2.24) is 9.88 Å². The molecule has 1 amide bonds. The number of amides is 1. The van der Waals surface area contributed by atoms with E-state index < -0.39 is 0 Å². The number of aryl methyl sites for hydroxylation is 1. The van der Waals surface area contributed by atoms with Gasteiger partial charge in [0.25, 0.3) is 0 Å². The largest absolute Gasteiger partial charge is 0.466 e. The SMILES string of the molecule is CCOC(=O)C1CCN(C(c2cccnc2)c2c(NC(C)=O)sc3c2CCCC3)CC1. The Labute approximate surface area is 188 Å². The van der Waals surface area contributed by atoms with Gasteiger partial charge in [0.2, 0.25) is 5.91 Å². The van der Waals surface area contributed by atoms with Gasteiger partial charge in [0.15, 0.2) is 0 Å². The van der Waals surface area contributed by atoms with Crippen LogP contribution >= 0.6 is 11.3 Å². The number of piperidine rings is 1. The molecule has 1 aliphatic heterocycles. The fraction of sp³-hybridized carbons (Fsp3) is 0.542. The number of anilines is 1. The number of carbonyl (C=O) groups is 2. The number of hydrogen-bond donors (Lipinski definition) is 1. The van der Waals surface area contributed by atoms with Crippen molar-refractivity contribution in [3.63, 3.8) is 0 Å². The van der Waals surface area contributed by atoms with Crippen LogP contribution in [0.15, 0.2) is 24.5 Å². The average Bonchev–Trinajstić information content (AvgIpc) is 3.12. The molecule has 1 atom stereocenters. The van der Waals surface area contributed by atoms with Gasteiger partial charge in [0, 0.05) is 29.8 Å². The Morgan fingerprint density at radius 2 is 2.06 bits per heavy atom. The summed E-state index contributed by atoms with van der Waals surface area (Å²) in [5.41, 5.74) is 3.77. The lowest BCUT2D eigenvalue weighted by atomic mass is 9.87. The van der Waals surface area contributed by atoms with Crippen LogP contribution in [0.25, 0.3) is 0 Å². The maximum Gasteiger partial charge on any atom is 0.309 e. The first kappa shape index (κ1) is 22.0. The third-order valence-electron chi connectivity index (χ3n) is 6.29. The van der Waals surface area contributed by atoms with Crippen molar-refractivity contribution in [2.24, 2.45) is 5.92 Å². The number of pyridine rings is 1. The van der Waals surface area contributed by atoms with E-state index in [1.54, 1.807) is 24.5 Å². The van der Waals surface area contributed by atoms with Crippen molar-refractivity contribution in [2.45, 2.75) is 58.4 Å². The molecule has 1 saturated heterocycles. The molecule has 0 aromatic carbocycles. The van der Waals surface area contributed by atoms with Crippen molar-refractivity contribution in [2.75, 3.05) is 25.0 Å². The van der Waals surface area contributed by atoms with Crippen LogP contribution in [-0.4, -0.2) is 41.5 Å². The number of likely N-dealkylation sites (tertiary alicyclic amines) is 1. The van der Waals surface area contributed by atoms with Gasteiger partial charge in [-0.05, 0) is 75.7 Å². The number of ether oxygens (including phenoxy) is 1. The predicted octanol–water partition coefficient (Wildman–Crippen LogP) is 4.34. The summed E-state index contributed by atoms with van der Waals surface area (Å²) in [6.07, 6.45) is 9.83. The van der Waals surface area contributed by atoms with Crippen LogP contribution in [0.5, 0.6) is 0 Å². The zero-order chi connectivity index (χ0) is 21.8. The zero-order valence-corrected chi connectivity index (χ0v) is 19.2. The zero-order valence-electron chi connectivity index (χ0n) is 18.4. The fourth-order valence-corrected chi connectivity index (χ4v) is 6.25. The third-order valence-corrected chi connectivity index (χ3v) is 7.51. The van der Waals surface area contributed by atoms with Gasteiger partial charge >= 0.3 is 5.97 Å². The molecule has 1 aliphatic carbocycles. The molecule has 7 heteroatoms. The number of aromatic nitrogens is 1. The minimum absolute atomic E-state index is 0.0248. The summed E-state index contributed by atoms with van der Waals surface area (Å²) in [5, 5.41) is 4.10. The molecule has 2 aliphatic rings. The summed E-state index contributed by atoms with van der Waals surface area (Å²) in [7, 11) is 0. The second kappa shape index (κ2) is 9.92. The maximum atomic E-state index is 12.2. The molecular formula is C24H31N3O3S. The number of fused-ring (bicyclic) bond motifs is 1. The Bertz CT molecular complexity index is 920. The van der Waals surface area contributed by atoms with Crippen LogP contribution in [0.2, 0.25) is 0 Å². The number of nitrogens with one attached hydrogen (secondary N) is 1. The number of carbonyl (C=O) groups excluding carboxylic acids is 2. The topological polar surface area (TPSA) is 71.5 Å². The molecule has 0 saturated carbocycles.